The lowest BCUT2D eigenvalue weighted by atomic mass is 9.87. The normalized spacial score (nSPS) is 35.6. The van der Waals surface area contributed by atoms with E-state index in [1.807, 2.05) is 0 Å². The molecular formula is C14H29N3. The van der Waals surface area contributed by atoms with Gasteiger partial charge in [0.25, 0.3) is 0 Å². The van der Waals surface area contributed by atoms with Crippen LogP contribution in [-0.4, -0.2) is 54.1 Å². The molecule has 3 heteroatoms. The highest BCUT2D eigenvalue weighted by Gasteiger charge is 2.42. The van der Waals surface area contributed by atoms with Gasteiger partial charge in [-0.15, -0.1) is 0 Å². The molecule has 1 aliphatic carbocycles. The second kappa shape index (κ2) is 4.87. The Labute approximate surface area is 106 Å². The number of hydrogen-bond donors (Lipinski definition) is 1. The van der Waals surface area contributed by atoms with Crippen molar-refractivity contribution >= 4 is 0 Å². The molecule has 1 heterocycles. The van der Waals surface area contributed by atoms with Crippen LogP contribution in [-0.2, 0) is 0 Å². The Balaban J connectivity index is 1.90. The minimum Gasteiger partial charge on any atom is -0.326 e. The smallest absolute Gasteiger partial charge is 0.0253 e. The van der Waals surface area contributed by atoms with Gasteiger partial charge in [-0.1, -0.05) is 13.8 Å². The second-order valence-electron chi connectivity index (χ2n) is 6.79. The lowest BCUT2D eigenvalue weighted by molar-refractivity contribution is 0.0692. The minimum absolute atomic E-state index is 0.333. The summed E-state index contributed by atoms with van der Waals surface area (Å²) in [6.07, 6.45) is 2.57. The molecule has 1 aliphatic heterocycles. The molecule has 1 saturated heterocycles. The third-order valence-electron chi connectivity index (χ3n) is 4.95. The van der Waals surface area contributed by atoms with Crippen LogP contribution in [0.1, 0.15) is 40.5 Å². The van der Waals surface area contributed by atoms with Crippen LogP contribution in [0.2, 0.25) is 0 Å². The van der Waals surface area contributed by atoms with Crippen LogP contribution >= 0.6 is 0 Å². The van der Waals surface area contributed by atoms with Gasteiger partial charge < -0.3 is 5.73 Å². The Morgan fingerprint density at radius 2 is 1.71 bits per heavy atom. The molecule has 0 aromatic rings. The van der Waals surface area contributed by atoms with E-state index in [1.54, 1.807) is 0 Å². The summed E-state index contributed by atoms with van der Waals surface area (Å²) in [5.74, 6) is 0. The Kier molecular flexibility index (Phi) is 3.81. The third kappa shape index (κ3) is 2.67. The first-order chi connectivity index (χ1) is 7.92. The summed E-state index contributed by atoms with van der Waals surface area (Å²) in [6.45, 7) is 14.0. The highest BCUT2D eigenvalue weighted by atomic mass is 15.3. The van der Waals surface area contributed by atoms with Gasteiger partial charge in [0.05, 0.1) is 0 Å². The average Bonchev–Trinajstić information content (AvgIpc) is 2.55. The molecule has 0 aromatic carbocycles. The summed E-state index contributed by atoms with van der Waals surface area (Å²) in [6, 6.07) is 1.67. The maximum absolute atomic E-state index is 6.43. The summed E-state index contributed by atoms with van der Waals surface area (Å²) in [7, 11) is 0. The maximum atomic E-state index is 6.43. The van der Waals surface area contributed by atoms with Crippen LogP contribution in [0.4, 0.5) is 0 Å². The standard InChI is InChI=1S/C14H29N3/c1-11(2)16-7-9-17(10-8-16)12-5-6-14(3,4)13(12)15/h11-13H,5-10,15H2,1-4H3. The van der Waals surface area contributed by atoms with E-state index in [1.165, 1.54) is 39.0 Å². The van der Waals surface area contributed by atoms with E-state index in [2.05, 4.69) is 37.5 Å². The lowest BCUT2D eigenvalue weighted by Crippen LogP contribution is -2.56. The molecule has 0 bridgehead atoms. The van der Waals surface area contributed by atoms with E-state index >= 15 is 0 Å². The van der Waals surface area contributed by atoms with Crippen molar-refractivity contribution in [2.45, 2.75) is 58.7 Å². The van der Waals surface area contributed by atoms with E-state index in [9.17, 15) is 0 Å². The van der Waals surface area contributed by atoms with Crippen molar-refractivity contribution in [1.82, 2.24) is 9.80 Å². The molecule has 0 amide bonds. The van der Waals surface area contributed by atoms with Crippen LogP contribution in [0.15, 0.2) is 0 Å². The first-order valence-corrected chi connectivity index (χ1v) is 7.15. The molecule has 2 fully saturated rings. The fourth-order valence-electron chi connectivity index (χ4n) is 3.38. The Morgan fingerprint density at radius 3 is 2.12 bits per heavy atom. The summed E-state index contributed by atoms with van der Waals surface area (Å²) in [4.78, 5) is 5.21. The summed E-state index contributed by atoms with van der Waals surface area (Å²) >= 11 is 0. The van der Waals surface area contributed by atoms with E-state index in [0.717, 1.165) is 0 Å². The van der Waals surface area contributed by atoms with E-state index in [0.29, 0.717) is 23.5 Å². The predicted octanol–water partition coefficient (Wildman–Crippen LogP) is 1.53. The van der Waals surface area contributed by atoms with Crippen molar-refractivity contribution in [2.75, 3.05) is 26.2 Å². The van der Waals surface area contributed by atoms with Gasteiger partial charge in [-0.2, -0.15) is 0 Å². The van der Waals surface area contributed by atoms with Crippen molar-refractivity contribution < 1.29 is 0 Å². The van der Waals surface area contributed by atoms with E-state index in [4.69, 9.17) is 5.73 Å². The highest BCUT2D eigenvalue weighted by molar-refractivity contribution is 5.00. The summed E-state index contributed by atoms with van der Waals surface area (Å²) in [5.41, 5.74) is 6.76. The van der Waals surface area contributed by atoms with Crippen LogP contribution in [0.3, 0.4) is 0 Å². The SMILES string of the molecule is CC(C)N1CCN(C2CCC(C)(C)C2N)CC1. The molecule has 17 heavy (non-hydrogen) atoms. The van der Waals surface area contributed by atoms with Gasteiger partial charge in [0.2, 0.25) is 0 Å². The molecule has 100 valence electrons. The maximum Gasteiger partial charge on any atom is 0.0253 e. The first kappa shape index (κ1) is 13.3. The Morgan fingerprint density at radius 1 is 1.12 bits per heavy atom. The monoisotopic (exact) mass is 239 g/mol. The number of nitrogens with two attached hydrogens (primary N) is 1. The zero-order chi connectivity index (χ0) is 12.6. The molecule has 2 unspecified atom stereocenters. The van der Waals surface area contributed by atoms with Crippen LogP contribution in [0, 0.1) is 5.41 Å². The predicted molar refractivity (Wildman–Crippen MR) is 73.1 cm³/mol. The topological polar surface area (TPSA) is 32.5 Å². The van der Waals surface area contributed by atoms with E-state index < -0.39 is 0 Å². The second-order valence-corrected chi connectivity index (χ2v) is 6.79. The average molecular weight is 239 g/mol. The highest BCUT2D eigenvalue weighted by Crippen LogP contribution is 2.38. The largest absolute Gasteiger partial charge is 0.326 e. The van der Waals surface area contributed by atoms with Gasteiger partial charge in [-0.3, -0.25) is 9.80 Å². The lowest BCUT2D eigenvalue weighted by Gasteiger charge is -2.42. The number of piperazine rings is 1. The quantitative estimate of drug-likeness (QED) is 0.793. The third-order valence-corrected chi connectivity index (χ3v) is 4.95. The Hall–Kier alpha value is -0.120. The van der Waals surface area contributed by atoms with E-state index in [-0.39, 0.29) is 0 Å². The Bertz CT molecular complexity index is 254. The molecule has 0 radical (unpaired) electrons. The number of hydrogen-bond acceptors (Lipinski definition) is 3. The van der Waals surface area contributed by atoms with Crippen molar-refractivity contribution in [3.8, 4) is 0 Å². The van der Waals surface area contributed by atoms with Gasteiger partial charge in [0.1, 0.15) is 0 Å². The fourth-order valence-corrected chi connectivity index (χ4v) is 3.38. The van der Waals surface area contributed by atoms with Crippen LogP contribution < -0.4 is 5.73 Å². The summed E-state index contributed by atoms with van der Waals surface area (Å²) < 4.78 is 0. The zero-order valence-electron chi connectivity index (χ0n) is 11.9. The molecule has 2 N–H and O–H groups in total. The summed E-state index contributed by atoms with van der Waals surface area (Å²) in [5, 5.41) is 0. The molecule has 0 spiro atoms. The van der Waals surface area contributed by atoms with Gasteiger partial charge in [-0.05, 0) is 32.1 Å². The van der Waals surface area contributed by atoms with Crippen molar-refractivity contribution in [3.05, 3.63) is 0 Å². The fraction of sp³-hybridized carbons (Fsp3) is 1.00. The van der Waals surface area contributed by atoms with Gasteiger partial charge >= 0.3 is 0 Å². The molecule has 2 atom stereocenters. The molecule has 2 aliphatic rings. The van der Waals surface area contributed by atoms with Gasteiger partial charge in [-0.25, -0.2) is 0 Å². The minimum atomic E-state index is 0.333. The zero-order valence-corrected chi connectivity index (χ0v) is 11.9. The number of nitrogens with zero attached hydrogens (tertiary/aromatic N) is 2. The van der Waals surface area contributed by atoms with Crippen molar-refractivity contribution in [1.29, 1.82) is 0 Å². The van der Waals surface area contributed by atoms with Crippen LogP contribution in [0.5, 0.6) is 0 Å². The first-order valence-electron chi connectivity index (χ1n) is 7.15. The van der Waals surface area contributed by atoms with Gasteiger partial charge in [0.15, 0.2) is 0 Å². The molecule has 1 saturated carbocycles. The van der Waals surface area contributed by atoms with Crippen molar-refractivity contribution in [2.24, 2.45) is 11.1 Å². The molecule has 3 nitrogen and oxygen atoms in total. The molecule has 0 aromatic heterocycles. The number of rotatable bonds is 2. The van der Waals surface area contributed by atoms with Crippen molar-refractivity contribution in [3.63, 3.8) is 0 Å². The molecule has 2 rings (SSSR count). The van der Waals surface area contributed by atoms with Gasteiger partial charge in [0, 0.05) is 44.3 Å². The molecular weight excluding hydrogens is 210 g/mol. The van der Waals surface area contributed by atoms with Crippen LogP contribution in [0.25, 0.3) is 0 Å².